The molecule has 0 aliphatic heterocycles. The van der Waals surface area contributed by atoms with Gasteiger partial charge in [-0.05, 0) is 31.2 Å². The summed E-state index contributed by atoms with van der Waals surface area (Å²) in [6, 6.07) is 16.6. The van der Waals surface area contributed by atoms with Crippen molar-refractivity contribution in [3.05, 3.63) is 54.4 Å². The van der Waals surface area contributed by atoms with Gasteiger partial charge in [0.25, 0.3) is 0 Å². The second-order valence-corrected chi connectivity index (χ2v) is 5.66. The van der Waals surface area contributed by atoms with E-state index in [0.717, 1.165) is 34.9 Å². The molecule has 2 heterocycles. The average molecular weight is 306 g/mol. The summed E-state index contributed by atoms with van der Waals surface area (Å²) >= 11 is 0. The van der Waals surface area contributed by atoms with Crippen LogP contribution in [0, 0.1) is 0 Å². The molecule has 0 amide bonds. The van der Waals surface area contributed by atoms with E-state index in [2.05, 4.69) is 57.7 Å². The molecule has 2 aromatic carbocycles. The standard InChI is InChI=1S/C18H19N5/c1-3-23-16-11-7-5-9-14(16)21-18(23)19-12-17-20-13-8-4-6-10-15(13)22(17)2/h4-11H,3,12H2,1-2H3,(H,19,21)/p+1. The molecule has 116 valence electrons. The summed E-state index contributed by atoms with van der Waals surface area (Å²) in [5.74, 6) is 2.04. The van der Waals surface area contributed by atoms with Crippen LogP contribution in [-0.4, -0.2) is 14.5 Å². The van der Waals surface area contributed by atoms with Gasteiger partial charge in [0.1, 0.15) is 23.4 Å². The number of aromatic amines is 1. The van der Waals surface area contributed by atoms with Crippen molar-refractivity contribution in [3.8, 4) is 0 Å². The van der Waals surface area contributed by atoms with Crippen molar-refractivity contribution in [2.45, 2.75) is 20.0 Å². The molecular weight excluding hydrogens is 286 g/mol. The van der Waals surface area contributed by atoms with Gasteiger partial charge in [0.2, 0.25) is 0 Å². The van der Waals surface area contributed by atoms with E-state index in [1.165, 1.54) is 5.52 Å². The predicted octanol–water partition coefficient (Wildman–Crippen LogP) is 2.97. The predicted molar refractivity (Wildman–Crippen MR) is 92.2 cm³/mol. The van der Waals surface area contributed by atoms with E-state index in [9.17, 15) is 0 Å². The Bertz CT molecular complexity index is 980. The minimum Gasteiger partial charge on any atom is -0.328 e. The van der Waals surface area contributed by atoms with Crippen LogP contribution in [0.25, 0.3) is 22.1 Å². The molecule has 0 saturated carbocycles. The lowest BCUT2D eigenvalue weighted by Crippen LogP contribution is -2.34. The van der Waals surface area contributed by atoms with Crippen molar-refractivity contribution in [1.29, 1.82) is 0 Å². The second kappa shape index (κ2) is 5.43. The summed E-state index contributed by atoms with van der Waals surface area (Å²) in [5.41, 5.74) is 4.54. The Kier molecular flexibility index (Phi) is 3.26. The lowest BCUT2D eigenvalue weighted by molar-refractivity contribution is -0.653. The van der Waals surface area contributed by atoms with Crippen molar-refractivity contribution in [1.82, 2.24) is 14.5 Å². The van der Waals surface area contributed by atoms with Crippen LogP contribution >= 0.6 is 0 Å². The molecule has 5 heteroatoms. The molecule has 0 aliphatic rings. The maximum Gasteiger partial charge on any atom is 0.356 e. The lowest BCUT2D eigenvalue weighted by Gasteiger charge is -2.03. The maximum absolute atomic E-state index is 4.71. The van der Waals surface area contributed by atoms with Crippen LogP contribution in [-0.2, 0) is 20.1 Å². The fourth-order valence-corrected chi connectivity index (χ4v) is 3.11. The minimum atomic E-state index is 0.679. The van der Waals surface area contributed by atoms with E-state index in [1.807, 2.05) is 24.3 Å². The lowest BCUT2D eigenvalue weighted by atomic mass is 10.3. The number of para-hydroxylation sites is 4. The minimum absolute atomic E-state index is 0.679. The number of H-pyrrole nitrogens is 1. The van der Waals surface area contributed by atoms with E-state index in [4.69, 9.17) is 4.98 Å². The van der Waals surface area contributed by atoms with Gasteiger partial charge in [0, 0.05) is 7.05 Å². The van der Waals surface area contributed by atoms with E-state index in [1.54, 1.807) is 0 Å². The van der Waals surface area contributed by atoms with E-state index < -0.39 is 0 Å². The van der Waals surface area contributed by atoms with Crippen molar-refractivity contribution < 1.29 is 4.57 Å². The number of rotatable bonds is 4. The Balaban J connectivity index is 1.67. The molecule has 0 saturated heterocycles. The van der Waals surface area contributed by atoms with Crippen LogP contribution < -0.4 is 9.88 Å². The van der Waals surface area contributed by atoms with Crippen LogP contribution in [0.1, 0.15) is 12.7 Å². The van der Waals surface area contributed by atoms with Crippen LogP contribution in [0.15, 0.2) is 48.5 Å². The fraction of sp³-hybridized carbons (Fsp3) is 0.222. The zero-order valence-electron chi connectivity index (χ0n) is 13.4. The number of nitrogens with one attached hydrogen (secondary N) is 2. The topological polar surface area (TPSA) is 49.5 Å². The van der Waals surface area contributed by atoms with Gasteiger partial charge in [-0.2, -0.15) is 0 Å². The van der Waals surface area contributed by atoms with Crippen molar-refractivity contribution in [2.24, 2.45) is 7.05 Å². The quantitative estimate of drug-likeness (QED) is 0.570. The number of aromatic nitrogens is 4. The number of benzene rings is 2. The Hall–Kier alpha value is -2.82. The molecule has 23 heavy (non-hydrogen) atoms. The van der Waals surface area contributed by atoms with Gasteiger partial charge in [-0.15, -0.1) is 0 Å². The van der Waals surface area contributed by atoms with Crippen LogP contribution in [0.5, 0.6) is 0 Å². The van der Waals surface area contributed by atoms with Gasteiger partial charge in [0.05, 0.1) is 17.6 Å². The number of hydrogen-bond donors (Lipinski definition) is 2. The number of hydrogen-bond acceptors (Lipinski definition) is 2. The molecule has 0 atom stereocenters. The summed E-state index contributed by atoms with van der Waals surface area (Å²) in [6.07, 6.45) is 0. The molecule has 0 unspecified atom stereocenters. The van der Waals surface area contributed by atoms with Gasteiger partial charge in [-0.1, -0.05) is 24.3 Å². The van der Waals surface area contributed by atoms with E-state index in [0.29, 0.717) is 6.54 Å². The van der Waals surface area contributed by atoms with Crippen LogP contribution in [0.3, 0.4) is 0 Å². The average Bonchev–Trinajstić information content (AvgIpc) is 3.10. The highest BCUT2D eigenvalue weighted by Gasteiger charge is 2.16. The maximum atomic E-state index is 4.71. The first kappa shape index (κ1) is 13.8. The number of nitrogens with zero attached hydrogens (tertiary/aromatic N) is 3. The van der Waals surface area contributed by atoms with Crippen LogP contribution in [0.2, 0.25) is 0 Å². The zero-order chi connectivity index (χ0) is 15.8. The Labute approximate surface area is 134 Å². The Morgan fingerprint density at radius 3 is 2.74 bits per heavy atom. The smallest absolute Gasteiger partial charge is 0.328 e. The first-order valence-electron chi connectivity index (χ1n) is 7.92. The second-order valence-electron chi connectivity index (χ2n) is 5.66. The van der Waals surface area contributed by atoms with E-state index >= 15 is 0 Å². The first-order chi connectivity index (χ1) is 11.3. The van der Waals surface area contributed by atoms with Gasteiger partial charge < -0.3 is 4.57 Å². The third-order valence-corrected chi connectivity index (χ3v) is 4.33. The summed E-state index contributed by atoms with van der Waals surface area (Å²) in [6.45, 7) is 3.74. The number of aryl methyl sites for hydroxylation is 2. The largest absolute Gasteiger partial charge is 0.356 e. The number of fused-ring (bicyclic) bond motifs is 2. The molecule has 5 nitrogen and oxygen atoms in total. The summed E-state index contributed by atoms with van der Waals surface area (Å²) in [5, 5.41) is 3.50. The van der Waals surface area contributed by atoms with Crippen molar-refractivity contribution in [2.75, 3.05) is 5.32 Å². The van der Waals surface area contributed by atoms with Crippen molar-refractivity contribution in [3.63, 3.8) is 0 Å². The normalized spacial score (nSPS) is 11.4. The highest BCUT2D eigenvalue weighted by Crippen LogP contribution is 2.16. The van der Waals surface area contributed by atoms with E-state index in [-0.39, 0.29) is 0 Å². The SMILES string of the molecule is CC[n+]1c(NCc2nc3ccccc3n2C)[nH]c2ccccc21. The first-order valence-corrected chi connectivity index (χ1v) is 7.92. The molecule has 0 aliphatic carbocycles. The molecule has 2 N–H and O–H groups in total. The number of anilines is 1. The van der Waals surface area contributed by atoms with Gasteiger partial charge in [-0.25, -0.2) is 14.5 Å². The molecular formula is C18H20N5+. The van der Waals surface area contributed by atoms with Crippen LogP contribution in [0.4, 0.5) is 5.95 Å². The number of imidazole rings is 2. The fourth-order valence-electron chi connectivity index (χ4n) is 3.11. The van der Waals surface area contributed by atoms with Gasteiger partial charge >= 0.3 is 5.95 Å². The monoisotopic (exact) mass is 306 g/mol. The summed E-state index contributed by atoms with van der Waals surface area (Å²) in [4.78, 5) is 8.17. The molecule has 0 fully saturated rings. The Morgan fingerprint density at radius 1 is 1.13 bits per heavy atom. The third kappa shape index (κ3) is 2.25. The molecule has 0 spiro atoms. The molecule has 4 rings (SSSR count). The molecule has 2 aromatic heterocycles. The summed E-state index contributed by atoms with van der Waals surface area (Å²) in [7, 11) is 2.06. The highest BCUT2D eigenvalue weighted by molar-refractivity contribution is 5.76. The zero-order valence-corrected chi connectivity index (χ0v) is 13.4. The highest BCUT2D eigenvalue weighted by atomic mass is 15.2. The molecule has 0 radical (unpaired) electrons. The van der Waals surface area contributed by atoms with Gasteiger partial charge in [-0.3, -0.25) is 5.32 Å². The Morgan fingerprint density at radius 2 is 1.91 bits per heavy atom. The molecule has 0 bridgehead atoms. The molecule has 4 aromatic rings. The third-order valence-electron chi connectivity index (χ3n) is 4.33. The van der Waals surface area contributed by atoms with Gasteiger partial charge in [0.15, 0.2) is 0 Å². The summed E-state index contributed by atoms with van der Waals surface area (Å²) < 4.78 is 4.39. The van der Waals surface area contributed by atoms with Crippen molar-refractivity contribution >= 4 is 28.0 Å².